The van der Waals surface area contributed by atoms with E-state index in [1.54, 1.807) is 0 Å². The highest BCUT2D eigenvalue weighted by Gasteiger charge is 2.33. The maximum atomic E-state index is 2.53. The predicted molar refractivity (Wildman–Crippen MR) is 72.2 cm³/mol. The molecule has 0 aliphatic carbocycles. The molecular weight excluding hydrogens is 194 g/mol. The van der Waals surface area contributed by atoms with Crippen LogP contribution in [0, 0.1) is 5.41 Å². The van der Waals surface area contributed by atoms with E-state index in [4.69, 9.17) is 0 Å². The van der Waals surface area contributed by atoms with E-state index in [1.807, 2.05) is 0 Å². The lowest BCUT2D eigenvalue weighted by atomic mass is 9.87. The van der Waals surface area contributed by atoms with Crippen LogP contribution >= 0.6 is 0 Å². The molecule has 0 aromatic heterocycles. The van der Waals surface area contributed by atoms with Gasteiger partial charge in [0.15, 0.2) is 11.3 Å². The summed E-state index contributed by atoms with van der Waals surface area (Å²) in [4.78, 5) is 0. The highest BCUT2D eigenvalue weighted by atomic mass is 15.1. The second kappa shape index (κ2) is 4.57. The van der Waals surface area contributed by atoms with Crippen molar-refractivity contribution in [3.63, 3.8) is 0 Å². The second-order valence-electron chi connectivity index (χ2n) is 6.53. The summed E-state index contributed by atoms with van der Waals surface area (Å²) >= 11 is 0. The molecule has 16 heavy (non-hydrogen) atoms. The van der Waals surface area contributed by atoms with E-state index in [1.165, 1.54) is 5.71 Å². The molecule has 1 aliphatic rings. The third-order valence-corrected chi connectivity index (χ3v) is 2.89. The van der Waals surface area contributed by atoms with Gasteiger partial charge >= 0.3 is 0 Å². The van der Waals surface area contributed by atoms with Gasteiger partial charge < -0.3 is 0 Å². The average molecular weight is 220 g/mol. The van der Waals surface area contributed by atoms with E-state index in [0.717, 1.165) is 13.0 Å². The van der Waals surface area contributed by atoms with E-state index in [0.29, 0.717) is 0 Å². The summed E-state index contributed by atoms with van der Waals surface area (Å²) in [5, 5.41) is 0. The molecule has 90 valence electrons. The number of nitrogens with zero attached hydrogens (tertiary/aromatic N) is 1. The number of rotatable bonds is 0. The highest BCUT2D eigenvalue weighted by Crippen LogP contribution is 2.22. The first-order valence-electron chi connectivity index (χ1n) is 6.21. The molecule has 0 atom stereocenters. The summed E-state index contributed by atoms with van der Waals surface area (Å²) in [5.41, 5.74) is 1.83. The van der Waals surface area contributed by atoms with E-state index in [9.17, 15) is 0 Å². The van der Waals surface area contributed by atoms with Crippen molar-refractivity contribution in [2.24, 2.45) is 5.41 Å². The zero-order valence-corrected chi connectivity index (χ0v) is 11.7. The standard InChI is InChI=1S/C15H26N/c1-14(2,3)13-11-9-7-8-10-12-16(13)15(4,5)6/h7-9,11H,10,12H2,1-6H3/q+1/b8-7+,11-9?,16-13?. The van der Waals surface area contributed by atoms with E-state index in [-0.39, 0.29) is 11.0 Å². The molecule has 1 nitrogen and oxygen atoms in total. The first-order chi connectivity index (χ1) is 7.23. The Morgan fingerprint density at radius 1 is 1.00 bits per heavy atom. The third kappa shape index (κ3) is 3.33. The molecule has 0 N–H and O–H groups in total. The summed E-state index contributed by atoms with van der Waals surface area (Å²) in [5.74, 6) is 0. The maximum Gasteiger partial charge on any atom is 0.181 e. The topological polar surface area (TPSA) is 3.01 Å². The van der Waals surface area contributed by atoms with E-state index in [2.05, 4.69) is 70.4 Å². The van der Waals surface area contributed by atoms with Gasteiger partial charge in [0.2, 0.25) is 0 Å². The third-order valence-electron chi connectivity index (χ3n) is 2.89. The Morgan fingerprint density at radius 3 is 2.12 bits per heavy atom. The summed E-state index contributed by atoms with van der Waals surface area (Å²) in [6.07, 6.45) is 9.96. The number of allylic oxidation sites excluding steroid dienone is 3. The van der Waals surface area contributed by atoms with Crippen LogP contribution in [0.3, 0.4) is 0 Å². The average Bonchev–Trinajstić information content (AvgIpc) is 1.96. The Balaban J connectivity index is 3.29. The molecule has 0 saturated heterocycles. The molecule has 0 aromatic rings. The van der Waals surface area contributed by atoms with Crippen LogP contribution < -0.4 is 0 Å². The van der Waals surface area contributed by atoms with Gasteiger partial charge in [0.25, 0.3) is 0 Å². The quantitative estimate of drug-likeness (QED) is 0.546. The van der Waals surface area contributed by atoms with Gasteiger partial charge in [0.1, 0.15) is 6.54 Å². The van der Waals surface area contributed by atoms with Crippen LogP contribution in [0.2, 0.25) is 0 Å². The van der Waals surface area contributed by atoms with Crippen molar-refractivity contribution < 1.29 is 4.58 Å². The molecule has 1 rings (SSSR count). The van der Waals surface area contributed by atoms with Gasteiger partial charge in [0.05, 0.1) is 0 Å². The molecule has 0 fully saturated rings. The fraction of sp³-hybridized carbons (Fsp3) is 0.667. The van der Waals surface area contributed by atoms with Crippen LogP contribution in [0.15, 0.2) is 24.3 Å². The molecule has 1 heterocycles. The summed E-state index contributed by atoms with van der Waals surface area (Å²) < 4.78 is 2.53. The molecule has 0 bridgehead atoms. The molecule has 1 heteroatoms. The lowest BCUT2D eigenvalue weighted by Crippen LogP contribution is -2.42. The van der Waals surface area contributed by atoms with E-state index >= 15 is 0 Å². The van der Waals surface area contributed by atoms with Crippen molar-refractivity contribution in [3.05, 3.63) is 24.3 Å². The highest BCUT2D eigenvalue weighted by molar-refractivity contribution is 5.95. The van der Waals surface area contributed by atoms with Crippen LogP contribution in [-0.4, -0.2) is 22.4 Å². The summed E-state index contributed by atoms with van der Waals surface area (Å²) in [6, 6.07) is 0. The van der Waals surface area contributed by atoms with Gasteiger partial charge in [-0.2, -0.15) is 0 Å². The van der Waals surface area contributed by atoms with Crippen molar-refractivity contribution >= 4 is 5.71 Å². The number of hydrogen-bond acceptors (Lipinski definition) is 0. The molecule has 0 spiro atoms. The maximum absolute atomic E-state index is 2.53. The molecular formula is C15H26N+. The van der Waals surface area contributed by atoms with Crippen LogP contribution in [-0.2, 0) is 0 Å². The zero-order chi connectivity index (χ0) is 12.4. The van der Waals surface area contributed by atoms with Crippen molar-refractivity contribution in [1.82, 2.24) is 0 Å². The Hall–Kier alpha value is -0.850. The Kier molecular flexibility index (Phi) is 3.77. The first kappa shape index (κ1) is 13.2. The fourth-order valence-corrected chi connectivity index (χ4v) is 2.09. The lowest BCUT2D eigenvalue weighted by molar-refractivity contribution is -0.598. The molecule has 1 aliphatic heterocycles. The Bertz CT molecular complexity index is 329. The molecule has 0 aromatic carbocycles. The van der Waals surface area contributed by atoms with Crippen LogP contribution in [0.1, 0.15) is 48.0 Å². The van der Waals surface area contributed by atoms with E-state index < -0.39 is 0 Å². The van der Waals surface area contributed by atoms with Crippen molar-refractivity contribution in [2.75, 3.05) is 6.54 Å². The predicted octanol–water partition coefficient (Wildman–Crippen LogP) is 3.80. The minimum absolute atomic E-state index is 0.193. The van der Waals surface area contributed by atoms with Crippen LogP contribution in [0.4, 0.5) is 0 Å². The lowest BCUT2D eigenvalue weighted by Gasteiger charge is -2.26. The van der Waals surface area contributed by atoms with Crippen molar-refractivity contribution in [1.29, 1.82) is 0 Å². The first-order valence-corrected chi connectivity index (χ1v) is 6.21. The van der Waals surface area contributed by atoms with Crippen LogP contribution in [0.25, 0.3) is 0 Å². The smallest absolute Gasteiger partial charge is 0.181 e. The normalized spacial score (nSPS) is 20.6. The Morgan fingerprint density at radius 2 is 1.62 bits per heavy atom. The molecule has 0 radical (unpaired) electrons. The van der Waals surface area contributed by atoms with Gasteiger partial charge in [-0.3, -0.25) is 0 Å². The number of hydrogen-bond donors (Lipinski definition) is 0. The molecule has 0 amide bonds. The van der Waals surface area contributed by atoms with Gasteiger partial charge in [-0.15, -0.1) is 0 Å². The SMILES string of the molecule is CC(C)(C)C1=[N+](C(C)(C)C)CC/C=C/C=C1. The second-order valence-corrected chi connectivity index (χ2v) is 6.53. The van der Waals surface area contributed by atoms with Gasteiger partial charge in [0, 0.05) is 17.9 Å². The molecule has 0 unspecified atom stereocenters. The van der Waals surface area contributed by atoms with Crippen LogP contribution in [0.5, 0.6) is 0 Å². The summed E-state index contributed by atoms with van der Waals surface area (Å²) in [7, 11) is 0. The van der Waals surface area contributed by atoms with Crippen molar-refractivity contribution in [2.45, 2.75) is 53.5 Å². The largest absolute Gasteiger partial charge is 0.228 e. The monoisotopic (exact) mass is 220 g/mol. The molecule has 0 saturated carbocycles. The fourth-order valence-electron chi connectivity index (χ4n) is 2.09. The zero-order valence-electron chi connectivity index (χ0n) is 11.7. The summed E-state index contributed by atoms with van der Waals surface area (Å²) in [6.45, 7) is 14.8. The van der Waals surface area contributed by atoms with Gasteiger partial charge in [-0.05, 0) is 20.8 Å². The Labute approximate surface area is 101 Å². The minimum atomic E-state index is 0.193. The minimum Gasteiger partial charge on any atom is -0.228 e. The van der Waals surface area contributed by atoms with Gasteiger partial charge in [-0.1, -0.05) is 39.0 Å². The van der Waals surface area contributed by atoms with Crippen molar-refractivity contribution in [3.8, 4) is 0 Å². The van der Waals surface area contributed by atoms with Gasteiger partial charge in [-0.25, -0.2) is 4.58 Å².